The minimum atomic E-state index is -3.59. The molecule has 0 bridgehead atoms. The van der Waals surface area contributed by atoms with Gasteiger partial charge in [0.1, 0.15) is 0 Å². The van der Waals surface area contributed by atoms with Crippen LogP contribution in [-0.4, -0.2) is 42.3 Å². The van der Waals surface area contributed by atoms with Gasteiger partial charge in [-0.05, 0) is 31.5 Å². The zero-order chi connectivity index (χ0) is 16.2. The largest absolute Gasteiger partial charge is 0.493 e. The maximum absolute atomic E-state index is 12.5. The van der Waals surface area contributed by atoms with Gasteiger partial charge in [0, 0.05) is 19.2 Å². The molecule has 0 fully saturated rings. The van der Waals surface area contributed by atoms with E-state index < -0.39 is 10.0 Å². The molecule has 1 aromatic carbocycles. The molecule has 0 aliphatic carbocycles. The van der Waals surface area contributed by atoms with Crippen molar-refractivity contribution < 1.29 is 17.9 Å². The van der Waals surface area contributed by atoms with E-state index in [2.05, 4.69) is 10.0 Å². The van der Waals surface area contributed by atoms with Crippen LogP contribution in [0.5, 0.6) is 11.5 Å². The second-order valence-corrected chi connectivity index (χ2v) is 6.85. The van der Waals surface area contributed by atoms with Gasteiger partial charge < -0.3 is 14.8 Å². The highest BCUT2D eigenvalue weighted by Gasteiger charge is 2.20. The average molecular weight is 363 g/mol. The molecule has 2 N–H and O–H groups in total. The summed E-state index contributed by atoms with van der Waals surface area (Å²) in [4.78, 5) is 0.208. The van der Waals surface area contributed by atoms with Gasteiger partial charge in [0.2, 0.25) is 10.0 Å². The third kappa shape index (κ3) is 4.84. The molecule has 0 radical (unpaired) electrons. The Morgan fingerprint density at radius 2 is 1.87 bits per heavy atom. The second-order valence-electron chi connectivity index (χ2n) is 5.11. The minimum absolute atomic E-state index is 0. The molecule has 23 heavy (non-hydrogen) atoms. The molecule has 1 aliphatic rings. The third-order valence-corrected chi connectivity index (χ3v) is 5.16. The van der Waals surface area contributed by atoms with Crippen LogP contribution in [0.15, 0.2) is 28.7 Å². The van der Waals surface area contributed by atoms with E-state index in [1.54, 1.807) is 13.0 Å². The summed E-state index contributed by atoms with van der Waals surface area (Å²) in [5, 5.41) is 3.20. The molecule has 0 saturated heterocycles. The molecule has 1 aliphatic heterocycles. The first-order chi connectivity index (χ1) is 10.5. The number of halogens is 1. The molecular formula is C15H23ClN2O4S. The van der Waals surface area contributed by atoms with Gasteiger partial charge in [-0.15, -0.1) is 12.4 Å². The lowest BCUT2D eigenvalue weighted by Gasteiger charge is -2.16. The zero-order valence-corrected chi connectivity index (χ0v) is 15.1. The highest BCUT2D eigenvalue weighted by Crippen LogP contribution is 2.32. The topological polar surface area (TPSA) is 76.7 Å². The van der Waals surface area contributed by atoms with Crippen LogP contribution in [0.4, 0.5) is 0 Å². The Kier molecular flexibility index (Phi) is 7.34. The fraction of sp³-hybridized carbons (Fsp3) is 0.467. The Bertz CT molecular complexity index is 674. The Morgan fingerprint density at radius 1 is 1.22 bits per heavy atom. The molecule has 1 aromatic rings. The molecule has 0 atom stereocenters. The van der Waals surface area contributed by atoms with E-state index in [1.165, 1.54) is 20.3 Å². The predicted octanol–water partition coefficient (Wildman–Crippen LogP) is 1.63. The molecule has 6 nitrogen and oxygen atoms in total. The Balaban J connectivity index is 0.00000264. The van der Waals surface area contributed by atoms with Crippen LogP contribution >= 0.6 is 12.4 Å². The molecule has 8 heteroatoms. The van der Waals surface area contributed by atoms with E-state index in [4.69, 9.17) is 9.47 Å². The molecule has 0 aromatic heterocycles. The summed E-state index contributed by atoms with van der Waals surface area (Å²) in [6.45, 7) is 3.73. The van der Waals surface area contributed by atoms with Crippen LogP contribution in [-0.2, 0) is 10.0 Å². The van der Waals surface area contributed by atoms with Crippen molar-refractivity contribution in [3.63, 3.8) is 0 Å². The number of sulfonamides is 1. The standard InChI is InChI=1S/C15H22N2O4S.ClH/c1-11-8-13(20-2)14(21-3)9-15(11)22(18,19)17-10-12-4-6-16-7-5-12;/h4,8-9,16-17H,5-7,10H2,1-3H3;1H. The molecule has 1 heterocycles. The summed E-state index contributed by atoms with van der Waals surface area (Å²) in [7, 11) is -0.591. The Morgan fingerprint density at radius 3 is 2.43 bits per heavy atom. The van der Waals surface area contributed by atoms with Crippen molar-refractivity contribution >= 4 is 22.4 Å². The summed E-state index contributed by atoms with van der Waals surface area (Å²) in [6, 6.07) is 3.16. The first kappa shape index (κ1) is 19.8. The quantitative estimate of drug-likeness (QED) is 0.752. The fourth-order valence-electron chi connectivity index (χ4n) is 2.35. The zero-order valence-electron chi connectivity index (χ0n) is 13.5. The highest BCUT2D eigenvalue weighted by atomic mass is 35.5. The van der Waals surface area contributed by atoms with Crippen LogP contribution in [0.2, 0.25) is 0 Å². The van der Waals surface area contributed by atoms with Crippen LogP contribution in [0, 0.1) is 6.92 Å². The first-order valence-electron chi connectivity index (χ1n) is 7.09. The van der Waals surface area contributed by atoms with Gasteiger partial charge in [-0.25, -0.2) is 13.1 Å². The van der Waals surface area contributed by atoms with Crippen LogP contribution < -0.4 is 19.5 Å². The van der Waals surface area contributed by atoms with Crippen LogP contribution in [0.1, 0.15) is 12.0 Å². The summed E-state index contributed by atoms with van der Waals surface area (Å²) in [5.41, 5.74) is 1.71. The van der Waals surface area contributed by atoms with E-state index in [-0.39, 0.29) is 17.3 Å². The number of nitrogens with one attached hydrogen (secondary N) is 2. The lowest BCUT2D eigenvalue weighted by molar-refractivity contribution is 0.353. The van der Waals surface area contributed by atoms with Gasteiger partial charge in [-0.3, -0.25) is 0 Å². The monoisotopic (exact) mass is 362 g/mol. The van der Waals surface area contributed by atoms with Gasteiger partial charge in [-0.1, -0.05) is 11.6 Å². The van der Waals surface area contributed by atoms with Gasteiger partial charge in [-0.2, -0.15) is 0 Å². The van der Waals surface area contributed by atoms with Gasteiger partial charge in [0.05, 0.1) is 19.1 Å². The number of hydrogen-bond donors (Lipinski definition) is 2. The van der Waals surface area contributed by atoms with Crippen molar-refractivity contribution in [1.82, 2.24) is 10.0 Å². The Hall–Kier alpha value is -1.28. The maximum Gasteiger partial charge on any atom is 0.241 e. The van der Waals surface area contributed by atoms with Crippen LogP contribution in [0.3, 0.4) is 0 Å². The lowest BCUT2D eigenvalue weighted by Crippen LogP contribution is -2.30. The number of ether oxygens (including phenoxy) is 2. The van der Waals surface area contributed by atoms with E-state index in [0.717, 1.165) is 25.1 Å². The predicted molar refractivity (Wildman–Crippen MR) is 92.3 cm³/mol. The highest BCUT2D eigenvalue weighted by molar-refractivity contribution is 7.89. The van der Waals surface area contributed by atoms with Gasteiger partial charge in [0.25, 0.3) is 0 Å². The average Bonchev–Trinajstić information content (AvgIpc) is 2.53. The number of methoxy groups -OCH3 is 2. The van der Waals surface area contributed by atoms with E-state index in [9.17, 15) is 8.42 Å². The maximum atomic E-state index is 12.5. The molecule has 130 valence electrons. The van der Waals surface area contributed by atoms with Crippen LogP contribution in [0.25, 0.3) is 0 Å². The van der Waals surface area contributed by atoms with E-state index in [0.29, 0.717) is 23.6 Å². The van der Waals surface area contributed by atoms with E-state index in [1.807, 2.05) is 6.08 Å². The van der Waals surface area contributed by atoms with Crippen molar-refractivity contribution in [2.24, 2.45) is 0 Å². The van der Waals surface area contributed by atoms with Gasteiger partial charge in [0.15, 0.2) is 11.5 Å². The van der Waals surface area contributed by atoms with Crippen molar-refractivity contribution in [3.05, 3.63) is 29.3 Å². The molecule has 0 unspecified atom stereocenters. The summed E-state index contributed by atoms with van der Waals surface area (Å²) < 4.78 is 38.0. The third-order valence-electron chi connectivity index (χ3n) is 3.62. The van der Waals surface area contributed by atoms with Crippen molar-refractivity contribution in [2.75, 3.05) is 33.9 Å². The van der Waals surface area contributed by atoms with Crippen molar-refractivity contribution in [1.29, 1.82) is 0 Å². The first-order valence-corrected chi connectivity index (χ1v) is 8.57. The SMILES string of the molecule is COc1cc(C)c(S(=O)(=O)NCC2=CCNCC2)cc1OC.Cl. The number of benzene rings is 1. The van der Waals surface area contributed by atoms with E-state index >= 15 is 0 Å². The molecule has 0 saturated carbocycles. The normalized spacial score (nSPS) is 14.7. The molecule has 0 amide bonds. The van der Waals surface area contributed by atoms with Crippen molar-refractivity contribution in [3.8, 4) is 11.5 Å². The van der Waals surface area contributed by atoms with Gasteiger partial charge >= 0.3 is 0 Å². The number of aryl methyl sites for hydroxylation is 1. The lowest BCUT2D eigenvalue weighted by atomic mass is 10.1. The van der Waals surface area contributed by atoms with Crippen molar-refractivity contribution in [2.45, 2.75) is 18.2 Å². The molecule has 0 spiro atoms. The molecule has 2 rings (SSSR count). The summed E-state index contributed by atoms with van der Waals surface area (Å²) in [5.74, 6) is 0.912. The fourth-order valence-corrected chi connectivity index (χ4v) is 3.62. The number of hydrogen-bond acceptors (Lipinski definition) is 5. The summed E-state index contributed by atoms with van der Waals surface area (Å²) >= 11 is 0. The minimum Gasteiger partial charge on any atom is -0.493 e. The molecular weight excluding hydrogens is 340 g/mol. The second kappa shape index (κ2) is 8.54. The smallest absolute Gasteiger partial charge is 0.241 e. The summed E-state index contributed by atoms with van der Waals surface area (Å²) in [6.07, 6.45) is 2.88. The Labute approximate surface area is 143 Å². The number of rotatable bonds is 6.